The lowest BCUT2D eigenvalue weighted by Gasteiger charge is -2.35. The number of aromatic amines is 1. The van der Waals surface area contributed by atoms with Crippen LogP contribution in [0, 0.1) is 11.6 Å². The van der Waals surface area contributed by atoms with E-state index in [1.54, 1.807) is 36.4 Å². The van der Waals surface area contributed by atoms with Gasteiger partial charge in [-0.3, -0.25) is 24.8 Å². The van der Waals surface area contributed by atoms with Gasteiger partial charge in [0.1, 0.15) is 17.2 Å². The molecule has 1 atom stereocenters. The fourth-order valence-corrected chi connectivity index (χ4v) is 3.42. The third-order valence-corrected chi connectivity index (χ3v) is 4.94. The highest BCUT2D eigenvalue weighted by atomic mass is 19.1. The van der Waals surface area contributed by atoms with Gasteiger partial charge >= 0.3 is 6.09 Å². The van der Waals surface area contributed by atoms with E-state index in [2.05, 4.69) is 25.6 Å². The third kappa shape index (κ3) is 4.69. The van der Waals surface area contributed by atoms with E-state index in [0.29, 0.717) is 12.2 Å². The lowest BCUT2D eigenvalue weighted by Crippen LogP contribution is -2.46. The van der Waals surface area contributed by atoms with E-state index in [0.717, 1.165) is 12.1 Å². The summed E-state index contributed by atoms with van der Waals surface area (Å²) in [6.07, 6.45) is -0.443. The van der Waals surface area contributed by atoms with E-state index < -0.39 is 29.2 Å². The van der Waals surface area contributed by atoms with Gasteiger partial charge in [-0.2, -0.15) is 10.1 Å². The maximum absolute atomic E-state index is 14.0. The van der Waals surface area contributed by atoms with Crippen molar-refractivity contribution in [1.82, 2.24) is 29.9 Å². The summed E-state index contributed by atoms with van der Waals surface area (Å²) in [7, 11) is 0. The third-order valence-electron chi connectivity index (χ3n) is 4.94. The average Bonchev–Trinajstić information content (AvgIpc) is 3.32. The number of amides is 2. The van der Waals surface area contributed by atoms with Crippen LogP contribution < -0.4 is 5.32 Å². The molecule has 2 N–H and O–H groups in total. The molecule has 174 valence electrons. The van der Waals surface area contributed by atoms with Crippen molar-refractivity contribution in [2.24, 2.45) is 0 Å². The molecular formula is C21H23F2N7O3. The first-order chi connectivity index (χ1) is 15.5. The standard InChI is InChI=1S/C21H23F2N7O3/c1-11-9-30-12(10-29(11)20(32)33-21(2,3)4)8-15(28-30)18(31)25-19-24-17(26-27-19)16-13(22)6-5-7-14(16)23/h5-8,11H,9-10H2,1-4H3,(H2,24,25,26,27,31). The lowest BCUT2D eigenvalue weighted by atomic mass is 10.2. The van der Waals surface area contributed by atoms with Crippen LogP contribution in [0.4, 0.5) is 19.5 Å². The van der Waals surface area contributed by atoms with Gasteiger partial charge in [0.2, 0.25) is 5.95 Å². The molecule has 1 aromatic carbocycles. The predicted molar refractivity (Wildman–Crippen MR) is 113 cm³/mol. The van der Waals surface area contributed by atoms with Crippen molar-refractivity contribution in [3.8, 4) is 11.4 Å². The van der Waals surface area contributed by atoms with Gasteiger partial charge < -0.3 is 4.74 Å². The number of anilines is 1. The quantitative estimate of drug-likeness (QED) is 0.620. The molecule has 1 aliphatic rings. The highest BCUT2D eigenvalue weighted by molar-refractivity contribution is 6.02. The molecule has 1 unspecified atom stereocenters. The Morgan fingerprint density at radius 3 is 2.61 bits per heavy atom. The van der Waals surface area contributed by atoms with E-state index in [1.807, 2.05) is 6.92 Å². The molecule has 0 saturated carbocycles. The molecule has 0 aliphatic carbocycles. The van der Waals surface area contributed by atoms with E-state index >= 15 is 0 Å². The normalized spacial score (nSPS) is 15.8. The van der Waals surface area contributed by atoms with Gasteiger partial charge in [-0.15, -0.1) is 5.10 Å². The minimum Gasteiger partial charge on any atom is -0.444 e. The van der Waals surface area contributed by atoms with Crippen molar-refractivity contribution < 1.29 is 23.1 Å². The molecule has 2 aromatic heterocycles. The van der Waals surface area contributed by atoms with E-state index in [4.69, 9.17) is 4.74 Å². The van der Waals surface area contributed by atoms with Crippen LogP contribution in [0.15, 0.2) is 24.3 Å². The summed E-state index contributed by atoms with van der Waals surface area (Å²) in [5.74, 6) is -2.55. The summed E-state index contributed by atoms with van der Waals surface area (Å²) in [6, 6.07) is 4.79. The number of H-pyrrole nitrogens is 1. The van der Waals surface area contributed by atoms with Gasteiger partial charge in [0.05, 0.1) is 30.4 Å². The Morgan fingerprint density at radius 2 is 1.94 bits per heavy atom. The number of fused-ring (bicyclic) bond motifs is 1. The first kappa shape index (κ1) is 22.4. The Bertz CT molecular complexity index is 1190. The van der Waals surface area contributed by atoms with Gasteiger partial charge in [0.25, 0.3) is 5.91 Å². The Hall–Kier alpha value is -3.83. The number of hydrogen-bond acceptors (Lipinski definition) is 6. The minimum absolute atomic E-state index is 0.0895. The fourth-order valence-electron chi connectivity index (χ4n) is 3.42. The van der Waals surface area contributed by atoms with Crippen molar-refractivity contribution in [1.29, 1.82) is 0 Å². The molecule has 0 spiro atoms. The molecule has 0 radical (unpaired) electrons. The highest BCUT2D eigenvalue weighted by Crippen LogP contribution is 2.24. The van der Waals surface area contributed by atoms with Gasteiger partial charge in [0, 0.05) is 0 Å². The maximum Gasteiger partial charge on any atom is 0.410 e. The Kier molecular flexibility index (Phi) is 5.60. The van der Waals surface area contributed by atoms with E-state index in [9.17, 15) is 18.4 Å². The summed E-state index contributed by atoms with van der Waals surface area (Å²) in [4.78, 5) is 30.7. The van der Waals surface area contributed by atoms with Crippen LogP contribution in [-0.2, 0) is 17.8 Å². The lowest BCUT2D eigenvalue weighted by molar-refractivity contribution is 0.00904. The molecular weight excluding hydrogens is 436 g/mol. The number of benzene rings is 1. The van der Waals surface area contributed by atoms with Crippen LogP contribution in [-0.4, -0.2) is 53.5 Å². The van der Waals surface area contributed by atoms with Crippen molar-refractivity contribution >= 4 is 17.9 Å². The molecule has 12 heteroatoms. The number of nitrogens with zero attached hydrogens (tertiary/aromatic N) is 5. The van der Waals surface area contributed by atoms with Crippen LogP contribution >= 0.6 is 0 Å². The summed E-state index contributed by atoms with van der Waals surface area (Å²) in [5.41, 5.74) is -0.250. The van der Waals surface area contributed by atoms with Gasteiger partial charge in [-0.05, 0) is 45.9 Å². The van der Waals surface area contributed by atoms with Crippen LogP contribution in [0.5, 0.6) is 0 Å². The predicted octanol–water partition coefficient (Wildman–Crippen LogP) is 3.34. The van der Waals surface area contributed by atoms with Crippen molar-refractivity contribution in [2.75, 3.05) is 5.32 Å². The number of aromatic nitrogens is 5. The number of rotatable bonds is 3. The summed E-state index contributed by atoms with van der Waals surface area (Å²) in [6.45, 7) is 7.86. The number of nitrogens with one attached hydrogen (secondary N) is 2. The Labute approximate surface area is 187 Å². The van der Waals surface area contributed by atoms with Crippen LogP contribution in [0.1, 0.15) is 43.9 Å². The largest absolute Gasteiger partial charge is 0.444 e. The molecule has 33 heavy (non-hydrogen) atoms. The SMILES string of the molecule is CC1Cn2nc(C(=O)Nc3n[nH]c(-c4c(F)cccc4F)n3)cc2CN1C(=O)OC(C)(C)C. The summed E-state index contributed by atoms with van der Waals surface area (Å²) in [5, 5.41) is 13.0. The summed E-state index contributed by atoms with van der Waals surface area (Å²) >= 11 is 0. The molecule has 0 fully saturated rings. The average molecular weight is 459 g/mol. The Morgan fingerprint density at radius 1 is 1.24 bits per heavy atom. The molecule has 1 aliphatic heterocycles. The number of halogens is 2. The molecule has 0 saturated heterocycles. The highest BCUT2D eigenvalue weighted by Gasteiger charge is 2.32. The maximum atomic E-state index is 14.0. The first-order valence-corrected chi connectivity index (χ1v) is 10.3. The van der Waals surface area contributed by atoms with Crippen LogP contribution in [0.25, 0.3) is 11.4 Å². The van der Waals surface area contributed by atoms with Crippen molar-refractivity contribution in [3.63, 3.8) is 0 Å². The molecule has 3 heterocycles. The molecule has 4 rings (SSSR count). The van der Waals surface area contributed by atoms with E-state index in [1.165, 1.54) is 6.07 Å². The van der Waals surface area contributed by atoms with Crippen molar-refractivity contribution in [2.45, 2.75) is 52.4 Å². The number of carbonyl (C=O) groups excluding carboxylic acids is 2. The van der Waals surface area contributed by atoms with Gasteiger partial charge in [-0.1, -0.05) is 6.07 Å². The second-order valence-electron chi connectivity index (χ2n) is 8.72. The van der Waals surface area contributed by atoms with E-state index in [-0.39, 0.29) is 35.6 Å². The number of hydrogen-bond donors (Lipinski definition) is 2. The second-order valence-corrected chi connectivity index (χ2v) is 8.72. The first-order valence-electron chi connectivity index (χ1n) is 10.3. The zero-order valence-corrected chi connectivity index (χ0v) is 18.5. The molecule has 3 aromatic rings. The smallest absolute Gasteiger partial charge is 0.410 e. The number of carbonyl (C=O) groups is 2. The summed E-state index contributed by atoms with van der Waals surface area (Å²) < 4.78 is 35.0. The monoisotopic (exact) mass is 459 g/mol. The Balaban J connectivity index is 1.48. The molecule has 0 bridgehead atoms. The molecule has 10 nitrogen and oxygen atoms in total. The minimum atomic E-state index is -0.811. The zero-order chi connectivity index (χ0) is 23.9. The topological polar surface area (TPSA) is 118 Å². The van der Waals surface area contributed by atoms with Crippen LogP contribution in [0.2, 0.25) is 0 Å². The second kappa shape index (κ2) is 8.26. The molecule has 2 amide bonds. The van der Waals surface area contributed by atoms with Crippen LogP contribution in [0.3, 0.4) is 0 Å². The van der Waals surface area contributed by atoms with Crippen molar-refractivity contribution in [3.05, 3.63) is 47.3 Å². The number of ether oxygens (including phenoxy) is 1. The van der Waals surface area contributed by atoms with Gasteiger partial charge in [-0.25, -0.2) is 13.6 Å². The zero-order valence-electron chi connectivity index (χ0n) is 18.5. The fraction of sp³-hybridized carbons (Fsp3) is 0.381. The van der Waals surface area contributed by atoms with Gasteiger partial charge in [0.15, 0.2) is 11.5 Å².